The van der Waals surface area contributed by atoms with Crippen molar-refractivity contribution in [1.29, 1.82) is 0 Å². The summed E-state index contributed by atoms with van der Waals surface area (Å²) in [6.45, 7) is 0.524. The number of nitrogens with one attached hydrogen (secondary N) is 2. The summed E-state index contributed by atoms with van der Waals surface area (Å²) in [7, 11) is 0. The van der Waals surface area contributed by atoms with Gasteiger partial charge in [0, 0.05) is 19.5 Å². The molecule has 0 radical (unpaired) electrons. The van der Waals surface area contributed by atoms with Gasteiger partial charge in [-0.05, 0) is 12.8 Å². The van der Waals surface area contributed by atoms with E-state index in [1.54, 1.807) is 0 Å². The van der Waals surface area contributed by atoms with Crippen LogP contribution in [0.1, 0.15) is 32.1 Å². The van der Waals surface area contributed by atoms with Gasteiger partial charge in [-0.3, -0.25) is 14.4 Å². The smallest absolute Gasteiger partial charge is 0.311 e. The fourth-order valence-corrected chi connectivity index (χ4v) is 2.71. The van der Waals surface area contributed by atoms with E-state index in [1.165, 1.54) is 0 Å². The molecule has 100 valence electrons. The summed E-state index contributed by atoms with van der Waals surface area (Å²) < 4.78 is 0. The van der Waals surface area contributed by atoms with Crippen LogP contribution in [0.5, 0.6) is 0 Å². The van der Waals surface area contributed by atoms with Crippen LogP contribution in [-0.2, 0) is 14.4 Å². The molecule has 18 heavy (non-hydrogen) atoms. The van der Waals surface area contributed by atoms with Crippen molar-refractivity contribution in [2.45, 2.75) is 32.1 Å². The van der Waals surface area contributed by atoms with Crippen molar-refractivity contribution in [1.82, 2.24) is 10.6 Å². The minimum atomic E-state index is -0.832. The maximum absolute atomic E-state index is 11.8. The summed E-state index contributed by atoms with van der Waals surface area (Å²) in [5.41, 5.74) is -0.800. The summed E-state index contributed by atoms with van der Waals surface area (Å²) in [6, 6.07) is 0. The van der Waals surface area contributed by atoms with Gasteiger partial charge in [0.25, 0.3) is 0 Å². The highest BCUT2D eigenvalue weighted by Gasteiger charge is 2.42. The van der Waals surface area contributed by atoms with E-state index in [4.69, 9.17) is 0 Å². The molecule has 2 rings (SSSR count). The van der Waals surface area contributed by atoms with Gasteiger partial charge >= 0.3 is 5.97 Å². The van der Waals surface area contributed by atoms with Gasteiger partial charge in [-0.25, -0.2) is 0 Å². The van der Waals surface area contributed by atoms with Crippen LogP contribution in [-0.4, -0.2) is 36.0 Å². The molecule has 0 bridgehead atoms. The zero-order valence-electron chi connectivity index (χ0n) is 10.2. The molecule has 1 saturated carbocycles. The minimum absolute atomic E-state index is 0.121. The van der Waals surface area contributed by atoms with Crippen molar-refractivity contribution in [2.24, 2.45) is 11.3 Å². The summed E-state index contributed by atoms with van der Waals surface area (Å²) in [6.07, 6.45) is 3.22. The number of carbonyl (C=O) groups excluding carboxylic acids is 2. The molecule has 2 aliphatic rings. The predicted molar refractivity (Wildman–Crippen MR) is 62.7 cm³/mol. The maximum Gasteiger partial charge on any atom is 0.311 e. The van der Waals surface area contributed by atoms with Gasteiger partial charge in [0.05, 0.1) is 11.3 Å². The SMILES string of the molecule is O=C1CC(C(=O)NCC2(C(=O)O)CCCC2)CN1. The minimum Gasteiger partial charge on any atom is -0.481 e. The van der Waals surface area contributed by atoms with E-state index in [1.807, 2.05) is 0 Å². The van der Waals surface area contributed by atoms with Crippen LogP contribution in [0, 0.1) is 11.3 Å². The first-order valence-corrected chi connectivity index (χ1v) is 6.31. The number of amides is 2. The Morgan fingerprint density at radius 1 is 1.39 bits per heavy atom. The topological polar surface area (TPSA) is 95.5 Å². The first-order valence-electron chi connectivity index (χ1n) is 6.31. The summed E-state index contributed by atoms with van der Waals surface area (Å²) in [4.78, 5) is 34.1. The van der Waals surface area contributed by atoms with Gasteiger partial charge in [-0.15, -0.1) is 0 Å². The Morgan fingerprint density at radius 3 is 2.56 bits per heavy atom. The second-order valence-corrected chi connectivity index (χ2v) is 5.22. The highest BCUT2D eigenvalue weighted by molar-refractivity contribution is 5.89. The fraction of sp³-hybridized carbons (Fsp3) is 0.750. The number of aliphatic carboxylic acids is 1. The standard InChI is InChI=1S/C12H18N2O4/c15-9-5-8(6-13-9)10(16)14-7-12(11(17)18)3-1-2-4-12/h8H,1-7H2,(H,13,15)(H,14,16)(H,17,18). The van der Waals surface area contributed by atoms with Gasteiger partial charge in [0.2, 0.25) is 11.8 Å². The molecule has 2 amide bonds. The van der Waals surface area contributed by atoms with E-state index < -0.39 is 11.4 Å². The van der Waals surface area contributed by atoms with Crippen LogP contribution >= 0.6 is 0 Å². The molecule has 1 aliphatic heterocycles. The molecule has 1 aliphatic carbocycles. The Balaban J connectivity index is 1.88. The van der Waals surface area contributed by atoms with Gasteiger partial charge in [-0.1, -0.05) is 12.8 Å². The Labute approximate surface area is 105 Å². The highest BCUT2D eigenvalue weighted by Crippen LogP contribution is 2.37. The van der Waals surface area contributed by atoms with Crippen LogP contribution in [0.4, 0.5) is 0 Å². The third kappa shape index (κ3) is 2.47. The maximum atomic E-state index is 11.8. The molecular weight excluding hydrogens is 236 g/mol. The summed E-state index contributed by atoms with van der Waals surface area (Å²) >= 11 is 0. The average Bonchev–Trinajstić information content (AvgIpc) is 2.95. The zero-order valence-corrected chi connectivity index (χ0v) is 10.2. The highest BCUT2D eigenvalue weighted by atomic mass is 16.4. The summed E-state index contributed by atoms with van der Waals surface area (Å²) in [5.74, 6) is -1.53. The molecule has 1 unspecified atom stereocenters. The van der Waals surface area contributed by atoms with Crippen LogP contribution < -0.4 is 10.6 Å². The molecule has 3 N–H and O–H groups in total. The van der Waals surface area contributed by atoms with Crippen molar-refractivity contribution < 1.29 is 19.5 Å². The van der Waals surface area contributed by atoms with Gasteiger partial charge in [0.1, 0.15) is 0 Å². The molecule has 6 nitrogen and oxygen atoms in total. The van der Waals surface area contributed by atoms with E-state index >= 15 is 0 Å². The molecule has 0 spiro atoms. The molecule has 0 aromatic heterocycles. The quantitative estimate of drug-likeness (QED) is 0.652. The molecular formula is C12H18N2O4. The number of hydrogen-bond acceptors (Lipinski definition) is 3. The van der Waals surface area contributed by atoms with Crippen molar-refractivity contribution in [3.8, 4) is 0 Å². The molecule has 2 fully saturated rings. The first-order chi connectivity index (χ1) is 8.53. The Kier molecular flexibility index (Phi) is 3.54. The van der Waals surface area contributed by atoms with Crippen LogP contribution in [0.15, 0.2) is 0 Å². The number of carbonyl (C=O) groups is 3. The number of carboxylic acid groups (broad SMARTS) is 1. The van der Waals surface area contributed by atoms with Gasteiger partial charge in [0.15, 0.2) is 0 Å². The number of rotatable bonds is 4. The van der Waals surface area contributed by atoms with Crippen LogP contribution in [0.3, 0.4) is 0 Å². The first kappa shape index (κ1) is 12.9. The fourth-order valence-electron chi connectivity index (χ4n) is 2.71. The van der Waals surface area contributed by atoms with Crippen molar-refractivity contribution in [2.75, 3.05) is 13.1 Å². The Hall–Kier alpha value is -1.59. The number of hydrogen-bond donors (Lipinski definition) is 3. The lowest BCUT2D eigenvalue weighted by atomic mass is 9.86. The summed E-state index contributed by atoms with van der Waals surface area (Å²) in [5, 5.41) is 14.6. The largest absolute Gasteiger partial charge is 0.481 e. The van der Waals surface area contributed by atoms with Crippen molar-refractivity contribution in [3.05, 3.63) is 0 Å². The third-order valence-electron chi connectivity index (χ3n) is 3.96. The monoisotopic (exact) mass is 254 g/mol. The van der Waals surface area contributed by atoms with E-state index in [0.717, 1.165) is 12.8 Å². The van der Waals surface area contributed by atoms with Crippen molar-refractivity contribution in [3.63, 3.8) is 0 Å². The van der Waals surface area contributed by atoms with E-state index in [-0.39, 0.29) is 30.7 Å². The molecule has 1 atom stereocenters. The van der Waals surface area contributed by atoms with Crippen molar-refractivity contribution >= 4 is 17.8 Å². The zero-order chi connectivity index (χ0) is 13.2. The van der Waals surface area contributed by atoms with E-state index in [2.05, 4.69) is 10.6 Å². The van der Waals surface area contributed by atoms with E-state index in [9.17, 15) is 19.5 Å². The molecule has 0 aromatic rings. The molecule has 1 heterocycles. The Bertz CT molecular complexity index is 374. The predicted octanol–water partition coefficient (Wildman–Crippen LogP) is -0.116. The normalized spacial score (nSPS) is 25.8. The van der Waals surface area contributed by atoms with Gasteiger partial charge < -0.3 is 15.7 Å². The average molecular weight is 254 g/mol. The second-order valence-electron chi connectivity index (χ2n) is 5.22. The van der Waals surface area contributed by atoms with Crippen LogP contribution in [0.25, 0.3) is 0 Å². The molecule has 0 aromatic carbocycles. The number of carboxylic acids is 1. The third-order valence-corrected chi connectivity index (χ3v) is 3.96. The molecule has 1 saturated heterocycles. The lowest BCUT2D eigenvalue weighted by Gasteiger charge is -2.24. The lowest BCUT2D eigenvalue weighted by Crippen LogP contribution is -2.43. The van der Waals surface area contributed by atoms with Gasteiger partial charge in [-0.2, -0.15) is 0 Å². The lowest BCUT2D eigenvalue weighted by molar-refractivity contribution is -0.148. The second kappa shape index (κ2) is 4.96. The van der Waals surface area contributed by atoms with Crippen LogP contribution in [0.2, 0.25) is 0 Å². The molecule has 6 heteroatoms. The Morgan fingerprint density at radius 2 is 2.06 bits per heavy atom. The van der Waals surface area contributed by atoms with E-state index in [0.29, 0.717) is 19.4 Å².